The van der Waals surface area contributed by atoms with E-state index in [0.717, 1.165) is 11.3 Å². The van der Waals surface area contributed by atoms with Gasteiger partial charge in [0.05, 0.1) is 0 Å². The van der Waals surface area contributed by atoms with Gasteiger partial charge in [0, 0.05) is 11.3 Å². The molecule has 0 spiro atoms. The van der Waals surface area contributed by atoms with Gasteiger partial charge in [0.25, 0.3) is 0 Å². The molecule has 1 nitrogen and oxygen atoms in total. The van der Waals surface area contributed by atoms with Gasteiger partial charge in [0.1, 0.15) is 0 Å². The third-order valence-corrected chi connectivity index (χ3v) is 1.75. The van der Waals surface area contributed by atoms with Crippen LogP contribution < -0.4 is 5.73 Å². The Balaban J connectivity index is 3.10. The van der Waals surface area contributed by atoms with Crippen LogP contribution in [0.1, 0.15) is 11.1 Å². The Morgan fingerprint density at radius 2 is 2.08 bits per heavy atom. The van der Waals surface area contributed by atoms with E-state index >= 15 is 0 Å². The van der Waals surface area contributed by atoms with Gasteiger partial charge in [-0.1, -0.05) is 36.9 Å². The molecule has 0 saturated carbocycles. The lowest BCUT2D eigenvalue weighted by atomic mass is 10.1. The van der Waals surface area contributed by atoms with Crippen molar-refractivity contribution in [3.8, 4) is 0 Å². The molecule has 1 aromatic rings. The van der Waals surface area contributed by atoms with Gasteiger partial charge in [0.15, 0.2) is 0 Å². The fourth-order valence-corrected chi connectivity index (χ4v) is 1.11. The fraction of sp³-hybridized carbons (Fsp3) is 0.0909. The molecule has 0 atom stereocenters. The molecule has 1 heteroatoms. The Morgan fingerprint density at radius 3 is 2.67 bits per heavy atom. The highest BCUT2D eigenvalue weighted by atomic mass is 14.6. The highest BCUT2D eigenvalue weighted by Crippen LogP contribution is 2.13. The maximum atomic E-state index is 5.80. The Labute approximate surface area is 73.2 Å². The van der Waals surface area contributed by atoms with Crippen molar-refractivity contribution in [1.82, 2.24) is 0 Å². The maximum absolute atomic E-state index is 5.80. The zero-order valence-corrected chi connectivity index (χ0v) is 7.25. The van der Waals surface area contributed by atoms with Crippen molar-refractivity contribution in [2.24, 2.45) is 5.73 Å². The Bertz CT molecular complexity index is 311. The molecule has 0 aliphatic carbocycles. The standard InChI is InChI=1S/C11H13N/c1-3-6-11(12)10-8-5-4-7-9(10)2/h3-8H,1,12H2,2H3/b11-6-. The predicted molar refractivity (Wildman–Crippen MR) is 53.5 cm³/mol. The molecular weight excluding hydrogens is 146 g/mol. The van der Waals surface area contributed by atoms with E-state index in [1.165, 1.54) is 5.56 Å². The Kier molecular flexibility index (Phi) is 2.70. The average Bonchev–Trinajstić information content (AvgIpc) is 2.05. The summed E-state index contributed by atoms with van der Waals surface area (Å²) in [5, 5.41) is 0. The smallest absolute Gasteiger partial charge is 0.0390 e. The van der Waals surface area contributed by atoms with Gasteiger partial charge in [-0.05, 0) is 18.6 Å². The maximum Gasteiger partial charge on any atom is 0.0390 e. The highest BCUT2D eigenvalue weighted by molar-refractivity contribution is 5.66. The van der Waals surface area contributed by atoms with Crippen LogP contribution in [0.5, 0.6) is 0 Å². The Hall–Kier alpha value is -1.50. The molecule has 0 aromatic heterocycles. The van der Waals surface area contributed by atoms with Gasteiger partial charge in [-0.3, -0.25) is 0 Å². The van der Waals surface area contributed by atoms with Crippen LogP contribution in [0.25, 0.3) is 5.70 Å². The minimum Gasteiger partial charge on any atom is -0.398 e. The molecule has 12 heavy (non-hydrogen) atoms. The number of rotatable bonds is 2. The molecule has 0 amide bonds. The van der Waals surface area contributed by atoms with Crippen LogP contribution in [0.4, 0.5) is 0 Å². The van der Waals surface area contributed by atoms with Crippen molar-refractivity contribution in [3.05, 3.63) is 54.1 Å². The zero-order valence-electron chi connectivity index (χ0n) is 7.25. The third-order valence-electron chi connectivity index (χ3n) is 1.75. The van der Waals surface area contributed by atoms with Crippen LogP contribution in [0.3, 0.4) is 0 Å². The van der Waals surface area contributed by atoms with Crippen LogP contribution in [0, 0.1) is 6.92 Å². The van der Waals surface area contributed by atoms with Crippen molar-refractivity contribution < 1.29 is 0 Å². The summed E-state index contributed by atoms with van der Waals surface area (Å²) in [6.45, 7) is 5.64. The quantitative estimate of drug-likeness (QED) is 0.659. The van der Waals surface area contributed by atoms with Crippen LogP contribution in [0.2, 0.25) is 0 Å². The molecule has 0 aliphatic rings. The number of aryl methyl sites for hydroxylation is 1. The lowest BCUT2D eigenvalue weighted by Gasteiger charge is -2.03. The highest BCUT2D eigenvalue weighted by Gasteiger charge is 1.97. The van der Waals surface area contributed by atoms with Crippen molar-refractivity contribution in [3.63, 3.8) is 0 Å². The van der Waals surface area contributed by atoms with Crippen molar-refractivity contribution in [2.45, 2.75) is 6.92 Å². The number of benzene rings is 1. The van der Waals surface area contributed by atoms with Gasteiger partial charge in [0.2, 0.25) is 0 Å². The molecule has 0 aliphatic heterocycles. The van der Waals surface area contributed by atoms with Crippen LogP contribution >= 0.6 is 0 Å². The van der Waals surface area contributed by atoms with E-state index in [9.17, 15) is 0 Å². The van der Waals surface area contributed by atoms with Crippen molar-refractivity contribution in [2.75, 3.05) is 0 Å². The van der Waals surface area contributed by atoms with E-state index in [1.54, 1.807) is 6.08 Å². The molecule has 0 heterocycles. The first kappa shape index (κ1) is 8.60. The van der Waals surface area contributed by atoms with E-state index in [1.807, 2.05) is 37.3 Å². The second kappa shape index (κ2) is 3.77. The summed E-state index contributed by atoms with van der Waals surface area (Å²) in [6.07, 6.45) is 3.50. The summed E-state index contributed by atoms with van der Waals surface area (Å²) < 4.78 is 0. The summed E-state index contributed by atoms with van der Waals surface area (Å²) in [6, 6.07) is 8.02. The van der Waals surface area contributed by atoms with Crippen LogP contribution in [-0.4, -0.2) is 0 Å². The molecule has 0 saturated heterocycles. The van der Waals surface area contributed by atoms with E-state index in [-0.39, 0.29) is 0 Å². The van der Waals surface area contributed by atoms with Gasteiger partial charge in [-0.2, -0.15) is 0 Å². The molecule has 2 N–H and O–H groups in total. The van der Waals surface area contributed by atoms with Gasteiger partial charge >= 0.3 is 0 Å². The van der Waals surface area contributed by atoms with Crippen molar-refractivity contribution >= 4 is 5.70 Å². The molecule has 1 aromatic carbocycles. The normalized spacial score (nSPS) is 11.2. The zero-order chi connectivity index (χ0) is 8.97. The van der Waals surface area contributed by atoms with Gasteiger partial charge < -0.3 is 5.73 Å². The topological polar surface area (TPSA) is 26.0 Å². The minimum atomic E-state index is 0.767. The molecule has 0 fully saturated rings. The van der Waals surface area contributed by atoms with E-state index in [0.29, 0.717) is 0 Å². The molecular formula is C11H13N. The molecule has 0 bridgehead atoms. The third kappa shape index (κ3) is 1.76. The first-order valence-electron chi connectivity index (χ1n) is 3.90. The summed E-state index contributed by atoms with van der Waals surface area (Å²) in [7, 11) is 0. The SMILES string of the molecule is C=C/C=C(\N)c1ccccc1C. The van der Waals surface area contributed by atoms with Gasteiger partial charge in [-0.15, -0.1) is 0 Å². The summed E-state index contributed by atoms with van der Waals surface area (Å²) in [4.78, 5) is 0. The lowest BCUT2D eigenvalue weighted by Crippen LogP contribution is -1.97. The predicted octanol–water partition coefficient (Wildman–Crippen LogP) is 2.48. The van der Waals surface area contributed by atoms with E-state index in [2.05, 4.69) is 6.58 Å². The van der Waals surface area contributed by atoms with E-state index in [4.69, 9.17) is 5.73 Å². The number of allylic oxidation sites excluding steroid dienone is 2. The molecule has 62 valence electrons. The Morgan fingerprint density at radius 1 is 1.42 bits per heavy atom. The minimum absolute atomic E-state index is 0.767. The number of hydrogen-bond acceptors (Lipinski definition) is 1. The average molecular weight is 159 g/mol. The second-order valence-electron chi connectivity index (χ2n) is 2.67. The molecule has 0 unspecified atom stereocenters. The first-order valence-corrected chi connectivity index (χ1v) is 3.90. The fourth-order valence-electron chi connectivity index (χ4n) is 1.11. The molecule has 0 radical (unpaired) electrons. The second-order valence-corrected chi connectivity index (χ2v) is 2.67. The van der Waals surface area contributed by atoms with Crippen LogP contribution in [-0.2, 0) is 0 Å². The number of hydrogen-bond donors (Lipinski definition) is 1. The number of nitrogens with two attached hydrogens (primary N) is 1. The van der Waals surface area contributed by atoms with Gasteiger partial charge in [-0.25, -0.2) is 0 Å². The van der Waals surface area contributed by atoms with Crippen molar-refractivity contribution in [1.29, 1.82) is 0 Å². The van der Waals surface area contributed by atoms with E-state index < -0.39 is 0 Å². The summed E-state index contributed by atoms with van der Waals surface area (Å²) in [5.41, 5.74) is 8.83. The van der Waals surface area contributed by atoms with Crippen LogP contribution in [0.15, 0.2) is 43.0 Å². The summed E-state index contributed by atoms with van der Waals surface area (Å²) >= 11 is 0. The molecule has 1 rings (SSSR count). The summed E-state index contributed by atoms with van der Waals surface area (Å²) in [5.74, 6) is 0. The first-order chi connectivity index (χ1) is 5.75. The largest absolute Gasteiger partial charge is 0.398 e. The monoisotopic (exact) mass is 159 g/mol. The lowest BCUT2D eigenvalue weighted by molar-refractivity contribution is 1.39.